The van der Waals surface area contributed by atoms with Gasteiger partial charge in [-0.3, -0.25) is 9.59 Å². The number of benzene rings is 1. The van der Waals surface area contributed by atoms with Crippen LogP contribution in [-0.4, -0.2) is 42.1 Å². The Balaban J connectivity index is 1.97. The van der Waals surface area contributed by atoms with E-state index in [1.807, 2.05) is 31.2 Å². The summed E-state index contributed by atoms with van der Waals surface area (Å²) in [6, 6.07) is 7.47. The molecule has 1 amide bonds. The Morgan fingerprint density at radius 1 is 1.24 bits per heavy atom. The lowest BCUT2D eigenvalue weighted by atomic mass is 9.94. The summed E-state index contributed by atoms with van der Waals surface area (Å²) < 4.78 is 5.11. The van der Waals surface area contributed by atoms with Gasteiger partial charge in [0.2, 0.25) is 5.91 Å². The predicted molar refractivity (Wildman–Crippen MR) is 78.3 cm³/mol. The monoisotopic (exact) mass is 291 g/mol. The van der Waals surface area contributed by atoms with Crippen molar-refractivity contribution in [2.75, 3.05) is 20.2 Å². The molecule has 0 saturated carbocycles. The summed E-state index contributed by atoms with van der Waals surface area (Å²) in [5, 5.41) is 8.98. The summed E-state index contributed by atoms with van der Waals surface area (Å²) in [7, 11) is 1.61. The Morgan fingerprint density at radius 2 is 1.81 bits per heavy atom. The summed E-state index contributed by atoms with van der Waals surface area (Å²) in [4.78, 5) is 25.2. The molecule has 1 aliphatic heterocycles. The molecule has 1 aliphatic rings. The van der Waals surface area contributed by atoms with Crippen molar-refractivity contribution in [1.29, 1.82) is 0 Å². The molecule has 5 heteroatoms. The van der Waals surface area contributed by atoms with Crippen molar-refractivity contribution < 1.29 is 19.4 Å². The van der Waals surface area contributed by atoms with Gasteiger partial charge in [-0.1, -0.05) is 12.1 Å². The second kappa shape index (κ2) is 6.61. The van der Waals surface area contributed by atoms with Crippen LogP contribution in [0.2, 0.25) is 0 Å². The summed E-state index contributed by atoms with van der Waals surface area (Å²) in [5.41, 5.74) is 0.946. The van der Waals surface area contributed by atoms with Crippen molar-refractivity contribution >= 4 is 11.9 Å². The number of piperidine rings is 1. The van der Waals surface area contributed by atoms with E-state index in [2.05, 4.69) is 0 Å². The Morgan fingerprint density at radius 3 is 2.29 bits per heavy atom. The molecule has 0 radical (unpaired) electrons. The first-order valence-electron chi connectivity index (χ1n) is 7.18. The Hall–Kier alpha value is -2.04. The number of hydrogen-bond acceptors (Lipinski definition) is 3. The standard InChI is InChI=1S/C16H21NO4/c1-11(12-3-5-14(21-2)6-4-12)15(18)17-9-7-13(8-10-17)16(19)20/h3-6,11,13H,7-10H2,1-2H3,(H,19,20)/t11-/m0/s1. The average molecular weight is 291 g/mol. The van der Waals surface area contributed by atoms with Crippen LogP contribution in [0.15, 0.2) is 24.3 Å². The van der Waals surface area contributed by atoms with Crippen molar-refractivity contribution in [2.24, 2.45) is 5.92 Å². The van der Waals surface area contributed by atoms with Crippen LogP contribution in [0.25, 0.3) is 0 Å². The van der Waals surface area contributed by atoms with E-state index in [4.69, 9.17) is 9.84 Å². The molecule has 0 spiro atoms. The number of carboxylic acid groups (broad SMARTS) is 1. The number of aliphatic carboxylic acids is 1. The third kappa shape index (κ3) is 3.54. The van der Waals surface area contributed by atoms with Gasteiger partial charge in [-0.15, -0.1) is 0 Å². The van der Waals surface area contributed by atoms with Crippen LogP contribution in [0.1, 0.15) is 31.2 Å². The largest absolute Gasteiger partial charge is 0.497 e. The van der Waals surface area contributed by atoms with Crippen molar-refractivity contribution in [1.82, 2.24) is 4.90 Å². The molecule has 1 heterocycles. The molecule has 1 atom stereocenters. The first kappa shape index (κ1) is 15.4. The van der Waals surface area contributed by atoms with Crippen LogP contribution in [-0.2, 0) is 9.59 Å². The highest BCUT2D eigenvalue weighted by Gasteiger charge is 2.29. The second-order valence-electron chi connectivity index (χ2n) is 5.43. The molecule has 1 aromatic carbocycles. The number of carbonyl (C=O) groups excluding carboxylic acids is 1. The van der Waals surface area contributed by atoms with E-state index in [0.717, 1.165) is 11.3 Å². The molecule has 0 unspecified atom stereocenters. The van der Waals surface area contributed by atoms with E-state index in [1.54, 1.807) is 12.0 Å². The summed E-state index contributed by atoms with van der Waals surface area (Å²) >= 11 is 0. The minimum atomic E-state index is -0.759. The van der Waals surface area contributed by atoms with E-state index >= 15 is 0 Å². The molecule has 1 saturated heterocycles. The molecule has 0 aliphatic carbocycles. The zero-order chi connectivity index (χ0) is 15.4. The van der Waals surface area contributed by atoms with Crippen LogP contribution in [0.3, 0.4) is 0 Å². The maximum atomic E-state index is 12.5. The molecular formula is C16H21NO4. The Bertz CT molecular complexity index is 504. The molecule has 1 aromatic rings. The first-order valence-corrected chi connectivity index (χ1v) is 7.18. The third-order valence-electron chi connectivity index (χ3n) is 4.14. The Kier molecular flexibility index (Phi) is 4.83. The maximum Gasteiger partial charge on any atom is 0.306 e. The highest BCUT2D eigenvalue weighted by atomic mass is 16.5. The number of carboxylic acids is 1. The van der Waals surface area contributed by atoms with Gasteiger partial charge in [0, 0.05) is 13.1 Å². The zero-order valence-electron chi connectivity index (χ0n) is 12.4. The number of ether oxygens (including phenoxy) is 1. The van der Waals surface area contributed by atoms with Gasteiger partial charge in [-0.25, -0.2) is 0 Å². The molecule has 0 aromatic heterocycles. The number of hydrogen-bond donors (Lipinski definition) is 1. The molecule has 0 bridgehead atoms. The van der Waals surface area contributed by atoms with Gasteiger partial charge >= 0.3 is 5.97 Å². The fraction of sp³-hybridized carbons (Fsp3) is 0.500. The van der Waals surface area contributed by atoms with Gasteiger partial charge in [0.15, 0.2) is 0 Å². The van der Waals surface area contributed by atoms with Crippen molar-refractivity contribution in [3.8, 4) is 5.75 Å². The van der Waals surface area contributed by atoms with Gasteiger partial charge in [-0.2, -0.15) is 0 Å². The predicted octanol–water partition coefficient (Wildman–Crippen LogP) is 2.12. The summed E-state index contributed by atoms with van der Waals surface area (Å²) in [6.07, 6.45) is 1.08. The lowest BCUT2D eigenvalue weighted by molar-refractivity contribution is -0.146. The van der Waals surface area contributed by atoms with Gasteiger partial charge in [-0.05, 0) is 37.5 Å². The van der Waals surface area contributed by atoms with Gasteiger partial charge < -0.3 is 14.7 Å². The van der Waals surface area contributed by atoms with Crippen molar-refractivity contribution in [3.63, 3.8) is 0 Å². The van der Waals surface area contributed by atoms with E-state index in [9.17, 15) is 9.59 Å². The molecule has 114 valence electrons. The molecule has 2 rings (SSSR count). The normalized spacial score (nSPS) is 17.3. The third-order valence-corrected chi connectivity index (χ3v) is 4.14. The molecule has 1 fully saturated rings. The van der Waals surface area contributed by atoms with Crippen LogP contribution < -0.4 is 4.74 Å². The van der Waals surface area contributed by atoms with Crippen LogP contribution in [0.5, 0.6) is 5.75 Å². The fourth-order valence-corrected chi connectivity index (χ4v) is 2.66. The number of likely N-dealkylation sites (tertiary alicyclic amines) is 1. The topological polar surface area (TPSA) is 66.8 Å². The van der Waals surface area contributed by atoms with Crippen molar-refractivity contribution in [3.05, 3.63) is 29.8 Å². The lowest BCUT2D eigenvalue weighted by Gasteiger charge is -2.32. The van der Waals surface area contributed by atoms with Crippen LogP contribution in [0.4, 0.5) is 0 Å². The van der Waals surface area contributed by atoms with E-state index in [-0.39, 0.29) is 17.7 Å². The lowest BCUT2D eigenvalue weighted by Crippen LogP contribution is -2.42. The molecule has 5 nitrogen and oxygen atoms in total. The molecule has 1 N–H and O–H groups in total. The summed E-state index contributed by atoms with van der Waals surface area (Å²) in [5.74, 6) is -0.474. The second-order valence-corrected chi connectivity index (χ2v) is 5.43. The number of methoxy groups -OCH3 is 1. The van der Waals surface area contributed by atoms with Crippen molar-refractivity contribution in [2.45, 2.75) is 25.7 Å². The van der Waals surface area contributed by atoms with E-state index in [1.165, 1.54) is 0 Å². The highest BCUT2D eigenvalue weighted by molar-refractivity contribution is 5.83. The zero-order valence-corrected chi connectivity index (χ0v) is 12.4. The molecule has 21 heavy (non-hydrogen) atoms. The average Bonchev–Trinajstić information content (AvgIpc) is 2.53. The van der Waals surface area contributed by atoms with Crippen LogP contribution >= 0.6 is 0 Å². The van der Waals surface area contributed by atoms with Gasteiger partial charge in [0.1, 0.15) is 5.75 Å². The van der Waals surface area contributed by atoms with Gasteiger partial charge in [0.25, 0.3) is 0 Å². The van der Waals surface area contributed by atoms with E-state index < -0.39 is 5.97 Å². The SMILES string of the molecule is COc1ccc([C@H](C)C(=O)N2CCC(C(=O)O)CC2)cc1. The number of carbonyl (C=O) groups is 2. The van der Waals surface area contributed by atoms with Gasteiger partial charge in [0.05, 0.1) is 18.9 Å². The smallest absolute Gasteiger partial charge is 0.306 e. The Labute approximate surface area is 124 Å². The van der Waals surface area contributed by atoms with Crippen LogP contribution in [0, 0.1) is 5.92 Å². The fourth-order valence-electron chi connectivity index (χ4n) is 2.66. The molecular weight excluding hydrogens is 270 g/mol. The summed E-state index contributed by atoms with van der Waals surface area (Å²) in [6.45, 7) is 2.93. The number of amides is 1. The minimum Gasteiger partial charge on any atom is -0.497 e. The number of rotatable bonds is 4. The minimum absolute atomic E-state index is 0.0593. The highest BCUT2D eigenvalue weighted by Crippen LogP contribution is 2.24. The maximum absolute atomic E-state index is 12.5. The van der Waals surface area contributed by atoms with E-state index in [0.29, 0.717) is 25.9 Å². The first-order chi connectivity index (χ1) is 10.0. The number of nitrogens with zero attached hydrogens (tertiary/aromatic N) is 1. The quantitative estimate of drug-likeness (QED) is 0.922.